The molecular formula is C14H27N3O. The molecule has 4 nitrogen and oxygen atoms in total. The Morgan fingerprint density at radius 2 is 2.06 bits per heavy atom. The van der Waals surface area contributed by atoms with Gasteiger partial charge in [-0.2, -0.15) is 0 Å². The topological polar surface area (TPSA) is 49.6 Å². The van der Waals surface area contributed by atoms with Gasteiger partial charge in [-0.15, -0.1) is 0 Å². The van der Waals surface area contributed by atoms with Gasteiger partial charge in [0.05, 0.1) is 5.41 Å². The Labute approximate surface area is 110 Å². The zero-order valence-corrected chi connectivity index (χ0v) is 12.0. The van der Waals surface area contributed by atoms with Crippen molar-refractivity contribution in [1.29, 1.82) is 0 Å². The molecule has 1 heterocycles. The van der Waals surface area contributed by atoms with Gasteiger partial charge >= 0.3 is 0 Å². The van der Waals surface area contributed by atoms with E-state index in [0.29, 0.717) is 24.4 Å². The quantitative estimate of drug-likeness (QED) is 0.813. The van der Waals surface area contributed by atoms with Gasteiger partial charge in [0.25, 0.3) is 0 Å². The van der Waals surface area contributed by atoms with Crippen molar-refractivity contribution >= 4 is 5.91 Å². The summed E-state index contributed by atoms with van der Waals surface area (Å²) < 4.78 is 0. The summed E-state index contributed by atoms with van der Waals surface area (Å²) in [6.45, 7) is 7.64. The molecule has 2 rings (SSSR count). The fourth-order valence-corrected chi connectivity index (χ4v) is 3.61. The van der Waals surface area contributed by atoms with Gasteiger partial charge in [0.2, 0.25) is 5.91 Å². The van der Waals surface area contributed by atoms with E-state index in [1.165, 1.54) is 0 Å². The predicted molar refractivity (Wildman–Crippen MR) is 73.2 cm³/mol. The average molecular weight is 253 g/mol. The first-order chi connectivity index (χ1) is 8.52. The van der Waals surface area contributed by atoms with Crippen molar-refractivity contribution in [3.05, 3.63) is 0 Å². The lowest BCUT2D eigenvalue weighted by atomic mass is 9.61. The molecule has 1 aliphatic carbocycles. The molecule has 1 atom stereocenters. The molecule has 1 amide bonds. The Bertz CT molecular complexity index is 312. The number of likely N-dealkylation sites (N-methyl/N-ethyl adjacent to an activating group) is 1. The lowest BCUT2D eigenvalue weighted by molar-refractivity contribution is -0.152. The van der Waals surface area contributed by atoms with Crippen LogP contribution < -0.4 is 5.73 Å². The summed E-state index contributed by atoms with van der Waals surface area (Å²) in [5.41, 5.74) is 5.65. The third kappa shape index (κ3) is 2.28. The Morgan fingerprint density at radius 1 is 1.39 bits per heavy atom. The fourth-order valence-electron chi connectivity index (χ4n) is 3.61. The van der Waals surface area contributed by atoms with Crippen LogP contribution in [0, 0.1) is 11.3 Å². The van der Waals surface area contributed by atoms with Crippen molar-refractivity contribution in [1.82, 2.24) is 9.80 Å². The van der Waals surface area contributed by atoms with Crippen molar-refractivity contribution in [2.75, 3.05) is 33.2 Å². The maximum atomic E-state index is 12.7. The molecule has 0 radical (unpaired) electrons. The first-order valence-electron chi connectivity index (χ1n) is 7.22. The Balaban J connectivity index is 2.01. The SMILES string of the molecule is CCC1CN(C(=O)C2(CN)CC(C)C2)CCN1C. The summed E-state index contributed by atoms with van der Waals surface area (Å²) in [5, 5.41) is 0. The number of nitrogens with zero attached hydrogens (tertiary/aromatic N) is 2. The largest absolute Gasteiger partial charge is 0.339 e. The lowest BCUT2D eigenvalue weighted by Gasteiger charge is -2.49. The van der Waals surface area contributed by atoms with E-state index in [1.807, 2.05) is 0 Å². The van der Waals surface area contributed by atoms with E-state index in [1.54, 1.807) is 0 Å². The molecule has 0 spiro atoms. The van der Waals surface area contributed by atoms with E-state index in [0.717, 1.165) is 38.9 Å². The van der Waals surface area contributed by atoms with Crippen LogP contribution in [0.2, 0.25) is 0 Å². The second-order valence-electron chi connectivity index (χ2n) is 6.29. The van der Waals surface area contributed by atoms with E-state index >= 15 is 0 Å². The highest BCUT2D eigenvalue weighted by atomic mass is 16.2. The number of amides is 1. The van der Waals surface area contributed by atoms with Crippen LogP contribution >= 0.6 is 0 Å². The van der Waals surface area contributed by atoms with Crippen LogP contribution in [0.3, 0.4) is 0 Å². The van der Waals surface area contributed by atoms with E-state index in [4.69, 9.17) is 5.73 Å². The normalized spacial score (nSPS) is 37.4. The van der Waals surface area contributed by atoms with Crippen LogP contribution in [-0.4, -0.2) is 55.0 Å². The van der Waals surface area contributed by atoms with Crippen molar-refractivity contribution in [2.45, 2.75) is 39.2 Å². The molecular weight excluding hydrogens is 226 g/mol. The Morgan fingerprint density at radius 3 is 2.56 bits per heavy atom. The molecule has 2 fully saturated rings. The Kier molecular flexibility index (Phi) is 3.97. The fraction of sp³-hybridized carbons (Fsp3) is 0.929. The molecule has 2 N–H and O–H groups in total. The van der Waals surface area contributed by atoms with Crippen LogP contribution in [0.4, 0.5) is 0 Å². The highest BCUT2D eigenvalue weighted by molar-refractivity contribution is 5.84. The number of rotatable bonds is 3. The third-order valence-corrected chi connectivity index (χ3v) is 4.86. The summed E-state index contributed by atoms with van der Waals surface area (Å²) in [6, 6.07) is 0.509. The molecule has 0 bridgehead atoms. The van der Waals surface area contributed by atoms with Gasteiger partial charge in [-0.3, -0.25) is 9.69 Å². The van der Waals surface area contributed by atoms with Crippen LogP contribution in [-0.2, 0) is 4.79 Å². The number of nitrogens with two attached hydrogens (primary N) is 1. The molecule has 2 aliphatic rings. The minimum Gasteiger partial charge on any atom is -0.339 e. The summed E-state index contributed by atoms with van der Waals surface area (Å²) in [6.07, 6.45) is 3.06. The summed E-state index contributed by atoms with van der Waals surface area (Å²) in [5.74, 6) is 0.974. The zero-order chi connectivity index (χ0) is 13.3. The first-order valence-corrected chi connectivity index (χ1v) is 7.22. The number of hydrogen-bond donors (Lipinski definition) is 1. The number of carbonyl (C=O) groups is 1. The molecule has 1 unspecified atom stereocenters. The van der Waals surface area contributed by atoms with Crippen LogP contribution in [0.15, 0.2) is 0 Å². The average Bonchev–Trinajstić information content (AvgIpc) is 2.34. The number of carbonyl (C=O) groups excluding carboxylic acids is 1. The van der Waals surface area contributed by atoms with Gasteiger partial charge < -0.3 is 10.6 Å². The van der Waals surface area contributed by atoms with Crippen LogP contribution in [0.25, 0.3) is 0 Å². The third-order valence-electron chi connectivity index (χ3n) is 4.86. The zero-order valence-electron chi connectivity index (χ0n) is 12.0. The van der Waals surface area contributed by atoms with Gasteiger partial charge in [0.1, 0.15) is 0 Å². The minimum atomic E-state index is -0.229. The van der Waals surface area contributed by atoms with Gasteiger partial charge in [-0.05, 0) is 32.2 Å². The second-order valence-corrected chi connectivity index (χ2v) is 6.29. The maximum absolute atomic E-state index is 12.7. The smallest absolute Gasteiger partial charge is 0.230 e. The maximum Gasteiger partial charge on any atom is 0.230 e. The predicted octanol–water partition coefficient (Wildman–Crippen LogP) is 0.914. The van der Waals surface area contributed by atoms with Crippen LogP contribution in [0.1, 0.15) is 33.1 Å². The molecule has 1 saturated heterocycles. The number of piperazine rings is 1. The highest BCUT2D eigenvalue weighted by Crippen LogP contribution is 2.46. The van der Waals surface area contributed by atoms with Crippen LogP contribution in [0.5, 0.6) is 0 Å². The molecule has 1 saturated carbocycles. The molecule has 0 aromatic rings. The van der Waals surface area contributed by atoms with Crippen molar-refractivity contribution in [2.24, 2.45) is 17.1 Å². The summed E-state index contributed by atoms with van der Waals surface area (Å²) in [4.78, 5) is 17.1. The van der Waals surface area contributed by atoms with E-state index in [9.17, 15) is 4.79 Å². The van der Waals surface area contributed by atoms with E-state index in [-0.39, 0.29) is 5.41 Å². The van der Waals surface area contributed by atoms with Gasteiger partial charge in [-0.1, -0.05) is 13.8 Å². The monoisotopic (exact) mass is 253 g/mol. The highest BCUT2D eigenvalue weighted by Gasteiger charge is 2.49. The standard InChI is InChI=1S/C14H27N3O/c1-4-12-9-17(6-5-16(12)3)13(18)14(10-15)7-11(2)8-14/h11-12H,4-10,15H2,1-3H3. The minimum absolute atomic E-state index is 0.229. The summed E-state index contributed by atoms with van der Waals surface area (Å²) >= 11 is 0. The van der Waals surface area contributed by atoms with Gasteiger partial charge in [0, 0.05) is 32.2 Å². The molecule has 18 heavy (non-hydrogen) atoms. The summed E-state index contributed by atoms with van der Waals surface area (Å²) in [7, 11) is 2.15. The van der Waals surface area contributed by atoms with E-state index < -0.39 is 0 Å². The van der Waals surface area contributed by atoms with Gasteiger partial charge in [0.15, 0.2) is 0 Å². The van der Waals surface area contributed by atoms with Crippen molar-refractivity contribution < 1.29 is 4.79 Å². The number of hydrogen-bond acceptors (Lipinski definition) is 3. The molecule has 0 aromatic heterocycles. The lowest BCUT2D eigenvalue weighted by Crippen LogP contribution is -2.60. The van der Waals surface area contributed by atoms with E-state index in [2.05, 4.69) is 30.7 Å². The second kappa shape index (κ2) is 5.17. The molecule has 104 valence electrons. The Hall–Kier alpha value is -0.610. The molecule has 0 aromatic carbocycles. The molecule has 1 aliphatic heterocycles. The molecule has 4 heteroatoms. The van der Waals surface area contributed by atoms with Gasteiger partial charge in [-0.25, -0.2) is 0 Å². The van der Waals surface area contributed by atoms with Crippen molar-refractivity contribution in [3.63, 3.8) is 0 Å². The van der Waals surface area contributed by atoms with Crippen molar-refractivity contribution in [3.8, 4) is 0 Å². The first kappa shape index (κ1) is 13.8.